The summed E-state index contributed by atoms with van der Waals surface area (Å²) in [4.78, 5) is 11.2. The van der Waals surface area contributed by atoms with E-state index in [9.17, 15) is 13.6 Å². The topological polar surface area (TPSA) is 49.3 Å². The molecule has 3 nitrogen and oxygen atoms in total. The van der Waals surface area contributed by atoms with Gasteiger partial charge in [-0.2, -0.15) is 8.78 Å². The van der Waals surface area contributed by atoms with Gasteiger partial charge in [-0.25, -0.2) is 0 Å². The Morgan fingerprint density at radius 1 is 1.47 bits per heavy atom. The molecule has 1 aromatic carbocycles. The molecule has 1 aliphatic rings. The van der Waals surface area contributed by atoms with Gasteiger partial charge in [0, 0.05) is 16.1 Å². The van der Waals surface area contributed by atoms with Gasteiger partial charge >= 0.3 is 5.92 Å². The van der Waals surface area contributed by atoms with Gasteiger partial charge in [-0.05, 0) is 18.2 Å². The molecule has 0 radical (unpaired) electrons. The minimum absolute atomic E-state index is 0.0929. The Morgan fingerprint density at radius 2 is 2.13 bits per heavy atom. The number of fused-ring (bicyclic) bond motifs is 1. The van der Waals surface area contributed by atoms with Crippen molar-refractivity contribution in [3.8, 4) is 0 Å². The zero-order valence-corrected chi connectivity index (χ0v) is 8.05. The first-order valence-electron chi connectivity index (χ1n) is 4.09. The van der Waals surface area contributed by atoms with Crippen LogP contribution in [-0.2, 0) is 5.92 Å². The quantitative estimate of drug-likeness (QED) is 0.713. The molecule has 1 aliphatic heterocycles. The van der Waals surface area contributed by atoms with Gasteiger partial charge < -0.3 is 10.4 Å². The third kappa shape index (κ3) is 1.48. The Balaban J connectivity index is 2.66. The molecule has 0 aromatic heterocycles. The van der Waals surface area contributed by atoms with Crippen molar-refractivity contribution in [2.45, 2.75) is 12.2 Å². The zero-order valence-electron chi connectivity index (χ0n) is 7.30. The number of amides is 1. The maximum Gasteiger partial charge on any atom is 0.317 e. The molecule has 1 atom stereocenters. The molecule has 2 rings (SSSR count). The minimum Gasteiger partial charge on any atom is -0.368 e. The van der Waals surface area contributed by atoms with Crippen LogP contribution in [0.5, 0.6) is 0 Å². The van der Waals surface area contributed by atoms with Crippen LogP contribution >= 0.6 is 11.6 Å². The van der Waals surface area contributed by atoms with Crippen LogP contribution in [0.4, 0.5) is 8.78 Å². The highest BCUT2D eigenvalue weighted by molar-refractivity contribution is 6.30. The van der Waals surface area contributed by atoms with Crippen molar-refractivity contribution in [1.82, 2.24) is 5.32 Å². The van der Waals surface area contributed by atoms with Gasteiger partial charge in [0.05, 0.1) is 0 Å². The molecule has 2 N–H and O–H groups in total. The Labute approximate surface area is 88.7 Å². The number of nitrogens with one attached hydrogen (secondary N) is 1. The third-order valence-corrected chi connectivity index (χ3v) is 2.43. The number of carbonyl (C=O) groups is 1. The predicted molar refractivity (Wildman–Crippen MR) is 48.8 cm³/mol. The fraction of sp³-hybridized carbons (Fsp3) is 0.222. The predicted octanol–water partition coefficient (Wildman–Crippen LogP) is 1.49. The van der Waals surface area contributed by atoms with E-state index in [1.54, 1.807) is 5.32 Å². The summed E-state index contributed by atoms with van der Waals surface area (Å²) in [5, 5.41) is 10.9. The zero-order chi connectivity index (χ0) is 11.2. The summed E-state index contributed by atoms with van der Waals surface area (Å²) in [5.74, 6) is -4.26. The highest BCUT2D eigenvalue weighted by Gasteiger charge is 2.47. The molecule has 15 heavy (non-hydrogen) atoms. The van der Waals surface area contributed by atoms with Crippen molar-refractivity contribution in [2.24, 2.45) is 0 Å². The second-order valence-corrected chi connectivity index (χ2v) is 3.63. The Hall–Kier alpha value is -1.20. The lowest BCUT2D eigenvalue weighted by Crippen LogP contribution is -2.51. The number of hydrogen-bond acceptors (Lipinski definition) is 2. The summed E-state index contributed by atoms with van der Waals surface area (Å²) in [6, 6.07) is 3.53. The molecule has 0 fully saturated rings. The summed E-state index contributed by atoms with van der Waals surface area (Å²) in [7, 11) is 0. The molecule has 0 spiro atoms. The van der Waals surface area contributed by atoms with E-state index in [1.165, 1.54) is 12.1 Å². The van der Waals surface area contributed by atoms with E-state index in [0.29, 0.717) is 0 Å². The summed E-state index contributed by atoms with van der Waals surface area (Å²) in [6.07, 6.45) is -2.21. The first-order valence-corrected chi connectivity index (χ1v) is 4.47. The first-order chi connectivity index (χ1) is 6.93. The molecule has 1 heterocycles. The lowest BCUT2D eigenvalue weighted by atomic mass is 9.96. The van der Waals surface area contributed by atoms with Crippen LogP contribution in [0.25, 0.3) is 0 Å². The van der Waals surface area contributed by atoms with Crippen LogP contribution in [0.3, 0.4) is 0 Å². The second kappa shape index (κ2) is 3.15. The summed E-state index contributed by atoms with van der Waals surface area (Å²) < 4.78 is 26.8. The number of benzene rings is 1. The number of hydrogen-bond donors (Lipinski definition) is 2. The molecule has 0 saturated heterocycles. The first kappa shape index (κ1) is 10.3. The smallest absolute Gasteiger partial charge is 0.317 e. The van der Waals surface area contributed by atoms with E-state index in [0.717, 1.165) is 6.07 Å². The SMILES string of the molecule is O=C1NC(O)C(F)(F)c2cc(Cl)ccc21. The van der Waals surface area contributed by atoms with E-state index in [4.69, 9.17) is 16.7 Å². The molecule has 80 valence electrons. The van der Waals surface area contributed by atoms with Gasteiger partial charge in [0.1, 0.15) is 0 Å². The van der Waals surface area contributed by atoms with E-state index in [-0.39, 0.29) is 10.6 Å². The second-order valence-electron chi connectivity index (χ2n) is 3.19. The molecule has 0 saturated carbocycles. The van der Waals surface area contributed by atoms with Crippen LogP contribution in [0, 0.1) is 0 Å². The maximum absolute atomic E-state index is 13.4. The Morgan fingerprint density at radius 3 is 2.80 bits per heavy atom. The average molecular weight is 234 g/mol. The van der Waals surface area contributed by atoms with E-state index < -0.39 is 23.6 Å². The molecule has 1 unspecified atom stereocenters. The highest BCUT2D eigenvalue weighted by atomic mass is 35.5. The number of rotatable bonds is 0. The number of aliphatic hydroxyl groups is 1. The van der Waals surface area contributed by atoms with Gasteiger partial charge in [-0.15, -0.1) is 0 Å². The fourth-order valence-electron chi connectivity index (χ4n) is 1.43. The number of aliphatic hydroxyl groups excluding tert-OH is 1. The van der Waals surface area contributed by atoms with Crippen molar-refractivity contribution in [1.29, 1.82) is 0 Å². The lowest BCUT2D eigenvalue weighted by Gasteiger charge is -2.30. The highest BCUT2D eigenvalue weighted by Crippen LogP contribution is 2.37. The standard InChI is InChI=1S/C9H6ClF2NO2/c10-4-1-2-5-6(3-4)9(11,12)8(15)13-7(5)14/h1-3,8,15H,(H,13,14). The summed E-state index contributed by atoms with van der Waals surface area (Å²) in [6.45, 7) is 0. The molecule has 0 bridgehead atoms. The monoisotopic (exact) mass is 233 g/mol. The van der Waals surface area contributed by atoms with Crippen molar-refractivity contribution in [2.75, 3.05) is 0 Å². The molecular formula is C9H6ClF2NO2. The van der Waals surface area contributed by atoms with E-state index >= 15 is 0 Å². The summed E-state index contributed by atoms with van der Waals surface area (Å²) in [5.41, 5.74) is -0.721. The molecule has 6 heteroatoms. The maximum atomic E-state index is 13.4. The van der Waals surface area contributed by atoms with Crippen molar-refractivity contribution < 1.29 is 18.7 Å². The van der Waals surface area contributed by atoms with E-state index in [1.807, 2.05) is 0 Å². The molecule has 0 aliphatic carbocycles. The molecular weight excluding hydrogens is 228 g/mol. The van der Waals surface area contributed by atoms with Crippen LogP contribution in [-0.4, -0.2) is 17.2 Å². The Bertz CT molecular complexity index is 436. The van der Waals surface area contributed by atoms with Crippen LogP contribution in [0.1, 0.15) is 15.9 Å². The van der Waals surface area contributed by atoms with Crippen LogP contribution in [0.15, 0.2) is 18.2 Å². The lowest BCUT2D eigenvalue weighted by molar-refractivity contribution is -0.128. The minimum atomic E-state index is -3.52. The van der Waals surface area contributed by atoms with Crippen LogP contribution < -0.4 is 5.32 Å². The normalized spacial score (nSPS) is 23.2. The average Bonchev–Trinajstić information content (AvgIpc) is 2.15. The van der Waals surface area contributed by atoms with Crippen molar-refractivity contribution in [3.05, 3.63) is 34.3 Å². The van der Waals surface area contributed by atoms with Crippen molar-refractivity contribution >= 4 is 17.5 Å². The summed E-state index contributed by atoms with van der Waals surface area (Å²) >= 11 is 5.55. The Kier molecular flexibility index (Phi) is 2.17. The van der Waals surface area contributed by atoms with E-state index in [2.05, 4.69) is 0 Å². The van der Waals surface area contributed by atoms with Crippen LogP contribution in [0.2, 0.25) is 5.02 Å². The van der Waals surface area contributed by atoms with Gasteiger partial charge in [0.2, 0.25) is 0 Å². The number of alkyl halides is 2. The molecule has 1 amide bonds. The van der Waals surface area contributed by atoms with Gasteiger partial charge in [-0.1, -0.05) is 11.6 Å². The van der Waals surface area contributed by atoms with Gasteiger partial charge in [-0.3, -0.25) is 4.79 Å². The largest absolute Gasteiger partial charge is 0.368 e. The van der Waals surface area contributed by atoms with Gasteiger partial charge in [0.25, 0.3) is 5.91 Å². The van der Waals surface area contributed by atoms with Gasteiger partial charge in [0.15, 0.2) is 6.23 Å². The number of halogens is 3. The number of carbonyl (C=O) groups excluding carboxylic acids is 1. The van der Waals surface area contributed by atoms with Crippen molar-refractivity contribution in [3.63, 3.8) is 0 Å². The fourth-order valence-corrected chi connectivity index (χ4v) is 1.60. The third-order valence-electron chi connectivity index (χ3n) is 2.20. The molecule has 1 aromatic rings.